The van der Waals surface area contributed by atoms with Crippen LogP contribution in [0.25, 0.3) is 0 Å². The maximum absolute atomic E-state index is 6.84. The van der Waals surface area contributed by atoms with Gasteiger partial charge in [0.1, 0.15) is 16.7 Å². The third-order valence-electron chi connectivity index (χ3n) is 7.36. The van der Waals surface area contributed by atoms with Gasteiger partial charge in [0.25, 0.3) is 0 Å². The topological polar surface area (TPSA) is 138 Å². The molecule has 9 nitrogen and oxygen atoms in total. The predicted molar refractivity (Wildman–Crippen MR) is 129 cm³/mol. The quantitative estimate of drug-likeness (QED) is 0.513. The lowest BCUT2D eigenvalue weighted by atomic mass is 9.73. The summed E-state index contributed by atoms with van der Waals surface area (Å²) in [5.41, 5.74) is 22.9. The summed E-state index contributed by atoms with van der Waals surface area (Å²) in [6.07, 6.45) is 8.80. The van der Waals surface area contributed by atoms with Crippen molar-refractivity contribution in [2.75, 3.05) is 29.5 Å². The summed E-state index contributed by atoms with van der Waals surface area (Å²) in [6.45, 7) is 2.66. The summed E-state index contributed by atoms with van der Waals surface area (Å²) in [4.78, 5) is 16.2. The minimum absolute atomic E-state index is 0.0569. The van der Waals surface area contributed by atoms with E-state index in [-0.39, 0.29) is 17.3 Å². The Morgan fingerprint density at radius 3 is 2.73 bits per heavy atom. The van der Waals surface area contributed by atoms with Crippen LogP contribution in [0.15, 0.2) is 28.4 Å². The number of nitrogens with zero attached hydrogens (tertiary/aromatic N) is 6. The van der Waals surface area contributed by atoms with E-state index in [1.807, 2.05) is 0 Å². The number of anilines is 3. The van der Waals surface area contributed by atoms with Gasteiger partial charge in [0, 0.05) is 36.1 Å². The molecule has 3 aromatic heterocycles. The lowest BCUT2D eigenvalue weighted by molar-refractivity contribution is 0.170. The highest BCUT2D eigenvalue weighted by Crippen LogP contribution is 2.50. The fourth-order valence-corrected chi connectivity index (χ4v) is 6.53. The molecular formula is C22H26ClN9S. The zero-order valence-electron chi connectivity index (χ0n) is 18.2. The summed E-state index contributed by atoms with van der Waals surface area (Å²) in [7, 11) is 0. The van der Waals surface area contributed by atoms with E-state index >= 15 is 0 Å². The van der Waals surface area contributed by atoms with Crippen LogP contribution in [0.2, 0.25) is 5.02 Å². The van der Waals surface area contributed by atoms with Crippen LogP contribution in [0, 0.1) is 5.41 Å². The lowest BCUT2D eigenvalue weighted by Crippen LogP contribution is -2.45. The van der Waals surface area contributed by atoms with E-state index in [1.54, 1.807) is 18.5 Å². The number of piperidine rings is 1. The van der Waals surface area contributed by atoms with Gasteiger partial charge in [-0.05, 0) is 43.7 Å². The van der Waals surface area contributed by atoms with Crippen LogP contribution in [-0.4, -0.2) is 37.8 Å². The molecule has 6 rings (SSSR count). The molecule has 0 radical (unpaired) electrons. The number of rotatable bonds is 3. The van der Waals surface area contributed by atoms with Crippen molar-refractivity contribution >= 4 is 40.8 Å². The molecule has 0 aromatic carbocycles. The molecule has 1 atom stereocenters. The number of nitrogens with two attached hydrogens (primary N) is 3. The largest absolute Gasteiger partial charge is 0.382 e. The van der Waals surface area contributed by atoms with Gasteiger partial charge in [-0.3, -0.25) is 4.68 Å². The smallest absolute Gasteiger partial charge is 0.158 e. The second-order valence-corrected chi connectivity index (χ2v) is 10.6. The molecule has 3 aliphatic rings. The van der Waals surface area contributed by atoms with Crippen molar-refractivity contribution < 1.29 is 0 Å². The molecule has 5 heterocycles. The van der Waals surface area contributed by atoms with Crippen LogP contribution in [0.1, 0.15) is 42.3 Å². The lowest BCUT2D eigenvalue weighted by Gasteiger charge is -2.41. The van der Waals surface area contributed by atoms with Gasteiger partial charge < -0.3 is 22.1 Å². The van der Waals surface area contributed by atoms with Gasteiger partial charge in [-0.1, -0.05) is 23.4 Å². The Bertz CT molecular complexity index is 1230. The normalized spacial score (nSPS) is 20.9. The third kappa shape index (κ3) is 3.34. The van der Waals surface area contributed by atoms with E-state index in [0.717, 1.165) is 56.0 Å². The second kappa shape index (κ2) is 7.75. The molecule has 11 heteroatoms. The summed E-state index contributed by atoms with van der Waals surface area (Å²) in [5.74, 6) is 1.44. The number of aromatic nitrogens is 5. The van der Waals surface area contributed by atoms with E-state index in [9.17, 15) is 0 Å². The summed E-state index contributed by atoms with van der Waals surface area (Å²) < 4.78 is 2.20. The first kappa shape index (κ1) is 21.0. The number of hydrogen-bond donors (Lipinski definition) is 3. The highest BCUT2D eigenvalue weighted by molar-refractivity contribution is 7.99. The summed E-state index contributed by atoms with van der Waals surface area (Å²) in [5, 5.41) is 5.87. The Kier molecular flexibility index (Phi) is 4.93. The summed E-state index contributed by atoms with van der Waals surface area (Å²) >= 11 is 7.59. The van der Waals surface area contributed by atoms with E-state index in [2.05, 4.69) is 24.5 Å². The maximum atomic E-state index is 6.84. The van der Waals surface area contributed by atoms with E-state index in [1.165, 1.54) is 35.1 Å². The van der Waals surface area contributed by atoms with Crippen LogP contribution >= 0.6 is 23.4 Å². The van der Waals surface area contributed by atoms with Gasteiger partial charge >= 0.3 is 0 Å². The van der Waals surface area contributed by atoms with Gasteiger partial charge in [-0.2, -0.15) is 5.10 Å². The minimum atomic E-state index is 0.0569. The highest BCUT2D eigenvalue weighted by Gasteiger charge is 2.49. The molecular weight excluding hydrogens is 458 g/mol. The second-order valence-electron chi connectivity index (χ2n) is 9.18. The SMILES string of the molecule is Nc1nc(N2CCC3(CC2)Cn2nc4c(c2C3N)CCC4)cnc1Sc1ccnc(N)c1Cl. The van der Waals surface area contributed by atoms with Gasteiger partial charge in [-0.15, -0.1) is 0 Å². The zero-order valence-corrected chi connectivity index (χ0v) is 19.7. The molecule has 0 saturated carbocycles. The average molecular weight is 484 g/mol. The van der Waals surface area contributed by atoms with Crippen molar-refractivity contribution in [3.8, 4) is 0 Å². The standard InChI is InChI=1S/C22H26ClN9S/c23-16-14(4-7-27-19(16)25)33-21-20(26)29-15(10-28-21)31-8-5-22(6-9-31)11-32-17(18(22)24)12-2-1-3-13(12)30-32/h4,7,10,18H,1-3,5-6,8-9,11,24H2,(H2,25,27)(H2,26,29). The Morgan fingerprint density at radius 2 is 1.94 bits per heavy atom. The van der Waals surface area contributed by atoms with E-state index in [0.29, 0.717) is 15.9 Å². The highest BCUT2D eigenvalue weighted by atomic mass is 35.5. The van der Waals surface area contributed by atoms with Crippen LogP contribution in [0.4, 0.5) is 17.5 Å². The monoisotopic (exact) mass is 483 g/mol. The van der Waals surface area contributed by atoms with Crippen molar-refractivity contribution in [2.45, 2.75) is 54.6 Å². The molecule has 33 heavy (non-hydrogen) atoms. The first-order chi connectivity index (χ1) is 15.9. The Labute approximate surface area is 201 Å². The van der Waals surface area contributed by atoms with Gasteiger partial charge in [0.05, 0.1) is 28.6 Å². The molecule has 1 spiro atoms. The van der Waals surface area contributed by atoms with Crippen molar-refractivity contribution in [3.63, 3.8) is 0 Å². The van der Waals surface area contributed by atoms with Crippen molar-refractivity contribution in [3.05, 3.63) is 40.4 Å². The fraction of sp³-hybridized carbons (Fsp3) is 0.455. The predicted octanol–water partition coefficient (Wildman–Crippen LogP) is 2.83. The number of hydrogen-bond acceptors (Lipinski definition) is 9. The van der Waals surface area contributed by atoms with Crippen molar-refractivity contribution in [1.82, 2.24) is 24.7 Å². The molecule has 0 amide bonds. The Hall–Kier alpha value is -2.56. The first-order valence-electron chi connectivity index (χ1n) is 11.2. The molecule has 1 fully saturated rings. The van der Waals surface area contributed by atoms with Gasteiger partial charge in [0.2, 0.25) is 0 Å². The molecule has 172 valence electrons. The number of aryl methyl sites for hydroxylation is 1. The van der Waals surface area contributed by atoms with Gasteiger partial charge in [-0.25, -0.2) is 15.0 Å². The number of nitrogen functional groups attached to an aromatic ring is 2. The fourth-order valence-electron chi connectivity index (χ4n) is 5.51. The van der Waals surface area contributed by atoms with Crippen LogP contribution in [-0.2, 0) is 19.4 Å². The third-order valence-corrected chi connectivity index (χ3v) is 8.94. The number of halogens is 1. The summed E-state index contributed by atoms with van der Waals surface area (Å²) in [6, 6.07) is 1.84. The molecule has 1 aliphatic carbocycles. The minimum Gasteiger partial charge on any atom is -0.382 e. The number of fused-ring (bicyclic) bond motifs is 3. The molecule has 6 N–H and O–H groups in total. The van der Waals surface area contributed by atoms with Crippen molar-refractivity contribution in [2.24, 2.45) is 11.1 Å². The Balaban J connectivity index is 1.16. The van der Waals surface area contributed by atoms with Crippen LogP contribution in [0.3, 0.4) is 0 Å². The van der Waals surface area contributed by atoms with Crippen LogP contribution < -0.4 is 22.1 Å². The average Bonchev–Trinajstić information content (AvgIpc) is 3.45. The Morgan fingerprint density at radius 1 is 1.12 bits per heavy atom. The zero-order chi connectivity index (χ0) is 22.7. The molecule has 1 unspecified atom stereocenters. The number of pyridine rings is 1. The van der Waals surface area contributed by atoms with Crippen molar-refractivity contribution in [1.29, 1.82) is 0 Å². The first-order valence-corrected chi connectivity index (χ1v) is 12.4. The molecule has 0 bridgehead atoms. The molecule has 1 saturated heterocycles. The molecule has 2 aliphatic heterocycles. The van der Waals surface area contributed by atoms with E-state index in [4.69, 9.17) is 33.9 Å². The van der Waals surface area contributed by atoms with E-state index < -0.39 is 0 Å². The maximum Gasteiger partial charge on any atom is 0.158 e. The van der Waals surface area contributed by atoms with Crippen LogP contribution in [0.5, 0.6) is 0 Å². The molecule has 3 aromatic rings. The van der Waals surface area contributed by atoms with Gasteiger partial charge in [0.15, 0.2) is 5.82 Å².